The Balaban J connectivity index is 2.33. The fourth-order valence-electron chi connectivity index (χ4n) is 0.980. The van der Waals surface area contributed by atoms with Crippen LogP contribution in [-0.2, 0) is 14.3 Å². The molecule has 1 saturated heterocycles. The van der Waals surface area contributed by atoms with Gasteiger partial charge >= 0.3 is 5.97 Å². The van der Waals surface area contributed by atoms with Crippen LogP contribution in [0.2, 0.25) is 0 Å². The van der Waals surface area contributed by atoms with E-state index in [1.54, 1.807) is 0 Å². The molecule has 1 heterocycles. The van der Waals surface area contributed by atoms with Gasteiger partial charge in [0.2, 0.25) is 0 Å². The van der Waals surface area contributed by atoms with Crippen LogP contribution in [-0.4, -0.2) is 38.4 Å². The summed E-state index contributed by atoms with van der Waals surface area (Å²) in [5.74, 6) is -0.253. The van der Waals surface area contributed by atoms with Gasteiger partial charge in [0.25, 0.3) is 0 Å². The van der Waals surface area contributed by atoms with Gasteiger partial charge in [0.1, 0.15) is 6.04 Å². The first-order valence-electron chi connectivity index (χ1n) is 3.67. The third kappa shape index (κ3) is 2.17. The maximum atomic E-state index is 10.9. The average Bonchev–Trinajstić information content (AvgIpc) is 2.05. The zero-order chi connectivity index (χ0) is 8.27. The fraction of sp³-hybridized carbons (Fsp3) is 0.857. The van der Waals surface area contributed by atoms with Crippen molar-refractivity contribution in [3.8, 4) is 0 Å². The highest BCUT2D eigenvalue weighted by Crippen LogP contribution is 2.00. The van der Waals surface area contributed by atoms with E-state index in [1.807, 2.05) is 6.92 Å². The predicted octanol–water partition coefficient (Wildman–Crippen LogP) is -0.464. The van der Waals surface area contributed by atoms with E-state index in [0.29, 0.717) is 13.2 Å². The molecule has 0 aromatic heterocycles. The highest BCUT2D eigenvalue weighted by Gasteiger charge is 2.24. The zero-order valence-corrected chi connectivity index (χ0v) is 6.79. The predicted molar refractivity (Wildman–Crippen MR) is 39.2 cm³/mol. The molecule has 0 bridgehead atoms. The van der Waals surface area contributed by atoms with Crippen molar-refractivity contribution in [2.24, 2.45) is 0 Å². The first kappa shape index (κ1) is 8.49. The first-order chi connectivity index (χ1) is 5.24. The molecule has 1 rings (SSSR count). The van der Waals surface area contributed by atoms with E-state index in [-0.39, 0.29) is 18.1 Å². The summed E-state index contributed by atoms with van der Waals surface area (Å²) < 4.78 is 9.79. The van der Waals surface area contributed by atoms with E-state index in [4.69, 9.17) is 4.74 Å². The van der Waals surface area contributed by atoms with Gasteiger partial charge < -0.3 is 9.47 Å². The summed E-state index contributed by atoms with van der Waals surface area (Å²) in [6, 6.07) is -0.281. The van der Waals surface area contributed by atoms with Crippen molar-refractivity contribution in [3.63, 3.8) is 0 Å². The second-order valence-corrected chi connectivity index (χ2v) is 2.63. The number of carbonyl (C=O) groups excluding carboxylic acids is 1. The van der Waals surface area contributed by atoms with Gasteiger partial charge in [-0.05, 0) is 6.92 Å². The minimum absolute atomic E-state index is 0.191. The largest absolute Gasteiger partial charge is 0.468 e. The third-order valence-electron chi connectivity index (χ3n) is 1.68. The molecule has 64 valence electrons. The molecule has 0 aliphatic carbocycles. The van der Waals surface area contributed by atoms with Crippen LogP contribution in [0.3, 0.4) is 0 Å². The van der Waals surface area contributed by atoms with Crippen molar-refractivity contribution >= 4 is 5.97 Å². The molecule has 2 atom stereocenters. The van der Waals surface area contributed by atoms with E-state index in [0.717, 1.165) is 0 Å². The average molecular weight is 159 g/mol. The molecule has 4 nitrogen and oxygen atoms in total. The summed E-state index contributed by atoms with van der Waals surface area (Å²) in [5.41, 5.74) is 0. The molecule has 0 radical (unpaired) electrons. The number of methoxy groups -OCH3 is 1. The molecule has 11 heavy (non-hydrogen) atoms. The maximum absolute atomic E-state index is 10.9. The molecular formula is C7H13NO3. The van der Waals surface area contributed by atoms with Gasteiger partial charge in [-0.1, -0.05) is 0 Å². The van der Waals surface area contributed by atoms with Crippen molar-refractivity contribution in [2.45, 2.75) is 19.1 Å². The first-order valence-corrected chi connectivity index (χ1v) is 3.67. The van der Waals surface area contributed by atoms with E-state index >= 15 is 0 Å². The Bertz CT molecular complexity index is 141. The Morgan fingerprint density at radius 1 is 1.73 bits per heavy atom. The SMILES string of the molecule is COC(=O)[C@H]1CO[C@H](C)CN1. The molecule has 1 fully saturated rings. The van der Waals surface area contributed by atoms with Crippen LogP contribution in [0, 0.1) is 0 Å². The van der Waals surface area contributed by atoms with E-state index in [1.165, 1.54) is 7.11 Å². The van der Waals surface area contributed by atoms with Crippen LogP contribution in [0.4, 0.5) is 0 Å². The lowest BCUT2D eigenvalue weighted by atomic mass is 10.2. The van der Waals surface area contributed by atoms with Gasteiger partial charge in [0.05, 0.1) is 19.8 Å². The summed E-state index contributed by atoms with van der Waals surface area (Å²) in [4.78, 5) is 10.9. The van der Waals surface area contributed by atoms with Crippen LogP contribution >= 0.6 is 0 Å². The normalized spacial score (nSPS) is 31.5. The van der Waals surface area contributed by atoms with Gasteiger partial charge in [0, 0.05) is 6.54 Å². The topological polar surface area (TPSA) is 47.6 Å². The summed E-state index contributed by atoms with van der Waals surface area (Å²) >= 11 is 0. The zero-order valence-electron chi connectivity index (χ0n) is 6.79. The summed E-state index contributed by atoms with van der Waals surface area (Å²) in [6.45, 7) is 3.08. The van der Waals surface area contributed by atoms with Crippen LogP contribution in [0.25, 0.3) is 0 Å². The molecule has 1 N–H and O–H groups in total. The van der Waals surface area contributed by atoms with E-state index in [9.17, 15) is 4.79 Å². The molecular weight excluding hydrogens is 146 g/mol. The Labute approximate surface area is 65.9 Å². The molecule has 1 aliphatic rings. The molecule has 4 heteroatoms. The number of esters is 1. The third-order valence-corrected chi connectivity index (χ3v) is 1.68. The Kier molecular flexibility index (Phi) is 2.84. The molecule has 0 aromatic rings. The van der Waals surface area contributed by atoms with E-state index < -0.39 is 0 Å². The highest BCUT2D eigenvalue weighted by atomic mass is 16.5. The minimum atomic E-state index is -0.281. The Hall–Kier alpha value is -0.610. The Morgan fingerprint density at radius 2 is 2.45 bits per heavy atom. The number of hydrogen-bond acceptors (Lipinski definition) is 4. The quantitative estimate of drug-likeness (QED) is 0.526. The van der Waals surface area contributed by atoms with Crippen molar-refractivity contribution in [2.75, 3.05) is 20.3 Å². The van der Waals surface area contributed by atoms with Crippen molar-refractivity contribution in [1.29, 1.82) is 0 Å². The van der Waals surface area contributed by atoms with Gasteiger partial charge in [-0.15, -0.1) is 0 Å². The van der Waals surface area contributed by atoms with Crippen molar-refractivity contribution in [1.82, 2.24) is 5.32 Å². The molecule has 0 saturated carbocycles. The standard InChI is InChI=1S/C7H13NO3/c1-5-3-8-6(4-11-5)7(9)10-2/h5-6,8H,3-4H2,1-2H3/t5-,6-/m1/s1. The number of ether oxygens (including phenoxy) is 2. The lowest BCUT2D eigenvalue weighted by Gasteiger charge is -2.26. The van der Waals surface area contributed by atoms with Crippen LogP contribution in [0.5, 0.6) is 0 Å². The highest BCUT2D eigenvalue weighted by molar-refractivity contribution is 5.75. The van der Waals surface area contributed by atoms with Crippen LogP contribution in [0.1, 0.15) is 6.92 Å². The number of carbonyl (C=O) groups is 1. The second-order valence-electron chi connectivity index (χ2n) is 2.63. The van der Waals surface area contributed by atoms with Crippen molar-refractivity contribution < 1.29 is 14.3 Å². The minimum Gasteiger partial charge on any atom is -0.468 e. The van der Waals surface area contributed by atoms with Gasteiger partial charge in [-0.25, -0.2) is 0 Å². The maximum Gasteiger partial charge on any atom is 0.325 e. The number of hydrogen-bond donors (Lipinski definition) is 1. The molecule has 1 aliphatic heterocycles. The fourth-order valence-corrected chi connectivity index (χ4v) is 0.980. The molecule has 0 amide bonds. The van der Waals surface area contributed by atoms with Gasteiger partial charge in [-0.2, -0.15) is 0 Å². The lowest BCUT2D eigenvalue weighted by molar-refractivity contribution is -0.147. The number of morpholine rings is 1. The number of rotatable bonds is 1. The second kappa shape index (κ2) is 3.69. The monoisotopic (exact) mass is 159 g/mol. The molecule has 0 spiro atoms. The van der Waals surface area contributed by atoms with Gasteiger partial charge in [-0.3, -0.25) is 10.1 Å². The number of nitrogens with one attached hydrogen (secondary N) is 1. The van der Waals surface area contributed by atoms with E-state index in [2.05, 4.69) is 10.1 Å². The summed E-state index contributed by atoms with van der Waals surface area (Å²) in [6.07, 6.45) is 0.191. The van der Waals surface area contributed by atoms with Crippen molar-refractivity contribution in [3.05, 3.63) is 0 Å². The summed E-state index contributed by atoms with van der Waals surface area (Å²) in [5, 5.41) is 3.02. The van der Waals surface area contributed by atoms with Crippen LogP contribution < -0.4 is 5.32 Å². The van der Waals surface area contributed by atoms with Crippen LogP contribution in [0.15, 0.2) is 0 Å². The lowest BCUT2D eigenvalue weighted by Crippen LogP contribution is -2.49. The smallest absolute Gasteiger partial charge is 0.325 e. The molecule has 0 unspecified atom stereocenters. The summed E-state index contributed by atoms with van der Waals surface area (Å²) in [7, 11) is 1.38. The molecule has 0 aromatic carbocycles. The Morgan fingerprint density at radius 3 is 2.91 bits per heavy atom. The van der Waals surface area contributed by atoms with Gasteiger partial charge in [0.15, 0.2) is 0 Å².